The van der Waals surface area contributed by atoms with Gasteiger partial charge in [0, 0.05) is 17.7 Å². The first-order chi connectivity index (χ1) is 15.8. The molecule has 0 heterocycles. The molecule has 3 rings (SSSR count). The van der Waals surface area contributed by atoms with Gasteiger partial charge in [0.25, 0.3) is 0 Å². The molecule has 0 atom stereocenters. The van der Waals surface area contributed by atoms with Crippen LogP contribution in [0, 0.1) is 40.9 Å². The van der Waals surface area contributed by atoms with Crippen molar-refractivity contribution in [2.45, 2.75) is 32.6 Å². The third kappa shape index (κ3) is 6.19. The number of aryl methyl sites for hydroxylation is 1. The Hall–Kier alpha value is -3.66. The molecule has 0 radical (unpaired) electrons. The quantitative estimate of drug-likeness (QED) is 0.102. The van der Waals surface area contributed by atoms with Gasteiger partial charge in [-0.05, 0) is 54.8 Å². The van der Waals surface area contributed by atoms with E-state index in [1.165, 1.54) is 36.4 Å². The first-order valence-electron chi connectivity index (χ1n) is 10.2. The highest BCUT2D eigenvalue weighted by Gasteiger charge is 2.15. The predicted octanol–water partition coefficient (Wildman–Crippen LogP) is 6.73. The summed E-state index contributed by atoms with van der Waals surface area (Å²) in [5.41, 5.74) is 0.626. The maximum Gasteiger partial charge on any atom is 0.343 e. The summed E-state index contributed by atoms with van der Waals surface area (Å²) in [6.45, 7) is 2.04. The number of carbonyl (C=O) groups is 1. The fourth-order valence-electron chi connectivity index (χ4n) is 3.05. The maximum absolute atomic E-state index is 14.3. The molecule has 0 bridgehead atoms. The Labute approximate surface area is 188 Å². The van der Waals surface area contributed by atoms with Gasteiger partial charge in [-0.15, -0.1) is 0 Å². The summed E-state index contributed by atoms with van der Waals surface area (Å²) in [5.74, 6) is -2.47. The molecular formula is C26H19F5O2. The summed E-state index contributed by atoms with van der Waals surface area (Å²) in [5, 5.41) is 0. The largest absolute Gasteiger partial charge is 0.423 e. The van der Waals surface area contributed by atoms with Crippen LogP contribution in [0.5, 0.6) is 5.75 Å². The number of carbonyl (C=O) groups excluding carboxylic acids is 1. The van der Waals surface area contributed by atoms with E-state index in [0.717, 1.165) is 19.3 Å². The lowest BCUT2D eigenvalue weighted by molar-refractivity contribution is 0.0733. The summed E-state index contributed by atoms with van der Waals surface area (Å²) in [4.78, 5) is 12.1. The highest BCUT2D eigenvalue weighted by atomic mass is 19.2. The molecule has 0 aliphatic heterocycles. The van der Waals surface area contributed by atoms with Crippen LogP contribution in [-0.4, -0.2) is 5.97 Å². The molecule has 0 saturated heterocycles. The second-order valence-corrected chi connectivity index (χ2v) is 7.31. The third-order valence-electron chi connectivity index (χ3n) is 4.79. The molecule has 3 aromatic rings. The highest BCUT2D eigenvalue weighted by Crippen LogP contribution is 2.21. The summed E-state index contributed by atoms with van der Waals surface area (Å²) in [6, 6.07) is 9.15. The zero-order valence-corrected chi connectivity index (χ0v) is 17.7. The molecule has 170 valence electrons. The number of esters is 1. The summed E-state index contributed by atoms with van der Waals surface area (Å²) >= 11 is 0. The van der Waals surface area contributed by atoms with Crippen LogP contribution in [0.4, 0.5) is 22.0 Å². The van der Waals surface area contributed by atoms with E-state index in [1.54, 1.807) is 0 Å². The number of hydrogen-bond donors (Lipinski definition) is 0. The van der Waals surface area contributed by atoms with E-state index in [1.807, 2.05) is 6.92 Å². The van der Waals surface area contributed by atoms with Crippen LogP contribution in [0.2, 0.25) is 0 Å². The molecule has 7 heteroatoms. The Bertz CT molecular complexity index is 1180. The van der Waals surface area contributed by atoms with Crippen molar-refractivity contribution in [1.82, 2.24) is 0 Å². The molecule has 0 spiro atoms. The second kappa shape index (κ2) is 10.8. The van der Waals surface area contributed by atoms with E-state index in [9.17, 15) is 26.7 Å². The molecule has 0 N–H and O–H groups in total. The van der Waals surface area contributed by atoms with Gasteiger partial charge in [0.05, 0.1) is 11.1 Å². The number of unbranched alkanes of at least 4 members (excludes halogenated alkanes) is 2. The number of rotatable bonds is 6. The van der Waals surface area contributed by atoms with Crippen molar-refractivity contribution in [3.8, 4) is 17.6 Å². The lowest BCUT2D eigenvalue weighted by Crippen LogP contribution is -2.09. The first-order valence-corrected chi connectivity index (χ1v) is 10.2. The van der Waals surface area contributed by atoms with Crippen LogP contribution in [0.3, 0.4) is 0 Å². The maximum atomic E-state index is 14.3. The van der Waals surface area contributed by atoms with Crippen LogP contribution in [-0.2, 0) is 6.42 Å². The summed E-state index contributed by atoms with van der Waals surface area (Å²) < 4.78 is 72.9. The summed E-state index contributed by atoms with van der Waals surface area (Å²) in [7, 11) is 0. The first kappa shape index (κ1) is 24.0. The zero-order chi connectivity index (χ0) is 24.0. The number of halogens is 5. The topological polar surface area (TPSA) is 26.3 Å². The molecular weight excluding hydrogens is 439 g/mol. The predicted molar refractivity (Wildman–Crippen MR) is 113 cm³/mol. The zero-order valence-electron chi connectivity index (χ0n) is 17.7. The van der Waals surface area contributed by atoms with Crippen LogP contribution in [0.25, 0.3) is 0 Å². The van der Waals surface area contributed by atoms with Crippen molar-refractivity contribution in [1.29, 1.82) is 0 Å². The Balaban J connectivity index is 1.71. The van der Waals surface area contributed by atoms with E-state index in [0.29, 0.717) is 29.7 Å². The van der Waals surface area contributed by atoms with Gasteiger partial charge in [0.15, 0.2) is 17.5 Å². The lowest BCUT2D eigenvalue weighted by atomic mass is 10.0. The average Bonchev–Trinajstić information content (AvgIpc) is 2.77. The Morgan fingerprint density at radius 3 is 2.00 bits per heavy atom. The monoisotopic (exact) mass is 458 g/mol. The average molecular weight is 458 g/mol. The normalized spacial score (nSPS) is 10.5. The van der Waals surface area contributed by atoms with Crippen LogP contribution >= 0.6 is 0 Å². The van der Waals surface area contributed by atoms with Crippen molar-refractivity contribution in [2.75, 3.05) is 0 Å². The minimum absolute atomic E-state index is 0.0273. The van der Waals surface area contributed by atoms with Gasteiger partial charge in [0.2, 0.25) is 0 Å². The molecule has 0 unspecified atom stereocenters. The SMILES string of the molecule is CCCCCc1cc(F)c(C#Cc2ccc(C(=O)Oc3cc(F)c(F)c(F)c3)cc2)c(F)c1. The van der Waals surface area contributed by atoms with Gasteiger partial charge in [-0.25, -0.2) is 26.7 Å². The van der Waals surface area contributed by atoms with E-state index in [4.69, 9.17) is 4.74 Å². The van der Waals surface area contributed by atoms with Gasteiger partial charge in [-0.1, -0.05) is 31.6 Å². The minimum atomic E-state index is -1.67. The van der Waals surface area contributed by atoms with Crippen molar-refractivity contribution in [3.63, 3.8) is 0 Å². The lowest BCUT2D eigenvalue weighted by Gasteiger charge is -2.05. The van der Waals surface area contributed by atoms with Crippen LogP contribution in [0.15, 0.2) is 48.5 Å². The fourth-order valence-corrected chi connectivity index (χ4v) is 3.05. The molecule has 0 fully saturated rings. The van der Waals surface area contributed by atoms with Crippen molar-refractivity contribution in [2.24, 2.45) is 0 Å². The molecule has 0 aliphatic rings. The van der Waals surface area contributed by atoms with Crippen molar-refractivity contribution < 1.29 is 31.5 Å². The number of hydrogen-bond acceptors (Lipinski definition) is 2. The smallest absolute Gasteiger partial charge is 0.343 e. The number of ether oxygens (including phenoxy) is 1. The van der Waals surface area contributed by atoms with Crippen molar-refractivity contribution >= 4 is 5.97 Å². The molecule has 2 nitrogen and oxygen atoms in total. The Morgan fingerprint density at radius 1 is 0.818 bits per heavy atom. The van der Waals surface area contributed by atoms with Crippen molar-refractivity contribution in [3.05, 3.63) is 99.9 Å². The molecule has 0 saturated carbocycles. The van der Waals surface area contributed by atoms with E-state index in [2.05, 4.69) is 11.8 Å². The molecule has 0 aliphatic carbocycles. The third-order valence-corrected chi connectivity index (χ3v) is 4.79. The minimum Gasteiger partial charge on any atom is -0.423 e. The fraction of sp³-hybridized carbons (Fsp3) is 0.192. The van der Waals surface area contributed by atoms with Gasteiger partial charge in [-0.2, -0.15) is 0 Å². The standard InChI is InChI=1S/C26H19F5O2/c1-2-3-4-5-17-12-21(27)20(22(28)13-17)11-8-16-6-9-18(10-7-16)26(32)33-19-14-23(29)25(31)24(30)15-19/h6-7,9-10,12-15H,2-5H2,1H3. The number of benzene rings is 3. The summed E-state index contributed by atoms with van der Waals surface area (Å²) in [6.07, 6.45) is 3.42. The molecule has 33 heavy (non-hydrogen) atoms. The molecule has 3 aromatic carbocycles. The van der Waals surface area contributed by atoms with Crippen LogP contribution < -0.4 is 4.74 Å². The highest BCUT2D eigenvalue weighted by molar-refractivity contribution is 5.91. The van der Waals surface area contributed by atoms with Gasteiger partial charge in [-0.3, -0.25) is 0 Å². The van der Waals surface area contributed by atoms with Gasteiger partial charge in [0.1, 0.15) is 17.4 Å². The Morgan fingerprint density at radius 2 is 1.42 bits per heavy atom. The van der Waals surface area contributed by atoms with E-state index < -0.39 is 40.8 Å². The van der Waals surface area contributed by atoms with Gasteiger partial charge >= 0.3 is 5.97 Å². The molecule has 0 aromatic heterocycles. The van der Waals surface area contributed by atoms with E-state index >= 15 is 0 Å². The van der Waals surface area contributed by atoms with Crippen LogP contribution in [0.1, 0.15) is 53.2 Å². The second-order valence-electron chi connectivity index (χ2n) is 7.31. The van der Waals surface area contributed by atoms with Gasteiger partial charge < -0.3 is 4.74 Å². The Kier molecular flexibility index (Phi) is 7.83. The molecule has 0 amide bonds. The van der Waals surface area contributed by atoms with E-state index in [-0.39, 0.29) is 11.1 Å².